The van der Waals surface area contributed by atoms with E-state index >= 15 is 0 Å². The van der Waals surface area contributed by atoms with Gasteiger partial charge in [-0.2, -0.15) is 0 Å². The minimum absolute atomic E-state index is 0.108. The van der Waals surface area contributed by atoms with Crippen molar-refractivity contribution in [1.82, 2.24) is 0 Å². The molecule has 1 saturated carbocycles. The molecule has 1 N–H and O–H groups in total. The Labute approximate surface area is 112 Å². The predicted molar refractivity (Wildman–Crippen MR) is 74.3 cm³/mol. The molecule has 0 spiro atoms. The Morgan fingerprint density at radius 1 is 1.00 bits per heavy atom. The fourth-order valence-electron chi connectivity index (χ4n) is 1.85. The van der Waals surface area contributed by atoms with E-state index in [0.717, 1.165) is 30.0 Å². The molecule has 0 saturated heterocycles. The average Bonchev–Trinajstić information content (AvgIpc) is 3.24. The number of hydrogen-bond acceptors (Lipinski definition) is 2. The summed E-state index contributed by atoms with van der Waals surface area (Å²) in [6.45, 7) is 0. The van der Waals surface area contributed by atoms with Gasteiger partial charge in [0.05, 0.1) is 0 Å². The number of nitrogens with one attached hydrogen (secondary N) is 1. The number of hydrogen-bond donors (Lipinski definition) is 1. The number of amides is 1. The summed E-state index contributed by atoms with van der Waals surface area (Å²) in [5.41, 5.74) is 0.783. The van der Waals surface area contributed by atoms with Gasteiger partial charge in [-0.3, -0.25) is 4.79 Å². The molecule has 0 heterocycles. The van der Waals surface area contributed by atoms with Gasteiger partial charge in [0, 0.05) is 17.7 Å². The van der Waals surface area contributed by atoms with Crippen molar-refractivity contribution < 1.29 is 9.53 Å². The zero-order valence-corrected chi connectivity index (χ0v) is 10.5. The molecule has 2 aromatic carbocycles. The molecule has 1 amide bonds. The highest BCUT2D eigenvalue weighted by atomic mass is 16.5. The zero-order valence-electron chi connectivity index (χ0n) is 10.5. The third-order valence-electron chi connectivity index (χ3n) is 3.03. The van der Waals surface area contributed by atoms with E-state index in [2.05, 4.69) is 5.32 Å². The molecule has 0 aliphatic heterocycles. The van der Waals surface area contributed by atoms with Crippen molar-refractivity contribution in [1.29, 1.82) is 0 Å². The van der Waals surface area contributed by atoms with Gasteiger partial charge in [0.2, 0.25) is 5.91 Å². The summed E-state index contributed by atoms with van der Waals surface area (Å²) in [7, 11) is 0. The van der Waals surface area contributed by atoms with Crippen molar-refractivity contribution in [3.63, 3.8) is 0 Å². The smallest absolute Gasteiger partial charge is 0.227 e. The molecular formula is C16H15NO2. The van der Waals surface area contributed by atoms with Gasteiger partial charge in [-0.25, -0.2) is 0 Å². The molecular weight excluding hydrogens is 238 g/mol. The van der Waals surface area contributed by atoms with Crippen molar-refractivity contribution in [3.8, 4) is 11.5 Å². The van der Waals surface area contributed by atoms with Gasteiger partial charge in [0.25, 0.3) is 0 Å². The number of ether oxygens (including phenoxy) is 1. The first-order valence-corrected chi connectivity index (χ1v) is 6.45. The Hall–Kier alpha value is -2.29. The molecule has 3 heteroatoms. The molecule has 96 valence electrons. The van der Waals surface area contributed by atoms with Crippen LogP contribution in [0, 0.1) is 5.92 Å². The quantitative estimate of drug-likeness (QED) is 0.899. The van der Waals surface area contributed by atoms with Crippen LogP contribution < -0.4 is 10.1 Å². The van der Waals surface area contributed by atoms with E-state index in [1.54, 1.807) is 0 Å². The monoisotopic (exact) mass is 253 g/mol. The van der Waals surface area contributed by atoms with Crippen molar-refractivity contribution in [2.45, 2.75) is 12.8 Å². The molecule has 0 atom stereocenters. The van der Waals surface area contributed by atoms with E-state index < -0.39 is 0 Å². The second-order valence-electron chi connectivity index (χ2n) is 4.71. The van der Waals surface area contributed by atoms with Crippen LogP contribution >= 0.6 is 0 Å². The Kier molecular flexibility index (Phi) is 3.19. The SMILES string of the molecule is O=C(Nc1cccc(Oc2ccccc2)c1)C1CC1. The van der Waals surface area contributed by atoms with Crippen LogP contribution in [0.4, 0.5) is 5.69 Å². The van der Waals surface area contributed by atoms with E-state index in [4.69, 9.17) is 4.74 Å². The van der Waals surface area contributed by atoms with Gasteiger partial charge in [0.1, 0.15) is 11.5 Å². The van der Waals surface area contributed by atoms with Gasteiger partial charge >= 0.3 is 0 Å². The highest BCUT2D eigenvalue weighted by Gasteiger charge is 2.29. The number of carbonyl (C=O) groups is 1. The standard InChI is InChI=1S/C16H15NO2/c18-16(12-9-10-12)17-13-5-4-8-15(11-13)19-14-6-2-1-3-7-14/h1-8,11-12H,9-10H2,(H,17,18). The van der Waals surface area contributed by atoms with Crippen LogP contribution in [0.2, 0.25) is 0 Å². The summed E-state index contributed by atoms with van der Waals surface area (Å²) < 4.78 is 5.73. The van der Waals surface area contributed by atoms with E-state index in [1.807, 2.05) is 54.6 Å². The first-order chi connectivity index (χ1) is 9.31. The molecule has 2 aromatic rings. The van der Waals surface area contributed by atoms with E-state index in [9.17, 15) is 4.79 Å². The van der Waals surface area contributed by atoms with Gasteiger partial charge in [0.15, 0.2) is 0 Å². The lowest BCUT2D eigenvalue weighted by Gasteiger charge is -2.08. The first-order valence-electron chi connectivity index (χ1n) is 6.45. The summed E-state index contributed by atoms with van der Waals surface area (Å²) >= 11 is 0. The summed E-state index contributed by atoms with van der Waals surface area (Å²) in [6.07, 6.45) is 2.01. The Bertz CT molecular complexity index is 576. The van der Waals surface area contributed by atoms with Gasteiger partial charge in [-0.15, -0.1) is 0 Å². The fraction of sp³-hybridized carbons (Fsp3) is 0.188. The van der Waals surface area contributed by atoms with Crippen molar-refractivity contribution in [2.24, 2.45) is 5.92 Å². The third-order valence-corrected chi connectivity index (χ3v) is 3.03. The van der Waals surface area contributed by atoms with Crippen LogP contribution in [0.15, 0.2) is 54.6 Å². The van der Waals surface area contributed by atoms with Gasteiger partial charge in [-0.1, -0.05) is 24.3 Å². The maximum Gasteiger partial charge on any atom is 0.227 e. The molecule has 1 fully saturated rings. The lowest BCUT2D eigenvalue weighted by atomic mass is 10.2. The first kappa shape index (κ1) is 11.8. The zero-order chi connectivity index (χ0) is 13.1. The van der Waals surface area contributed by atoms with Crippen LogP contribution in [-0.4, -0.2) is 5.91 Å². The Balaban J connectivity index is 1.70. The molecule has 1 aliphatic rings. The number of benzene rings is 2. The van der Waals surface area contributed by atoms with Crippen LogP contribution in [0.1, 0.15) is 12.8 Å². The maximum absolute atomic E-state index is 11.7. The van der Waals surface area contributed by atoms with Crippen LogP contribution in [0.3, 0.4) is 0 Å². The number of carbonyl (C=O) groups excluding carboxylic acids is 1. The summed E-state index contributed by atoms with van der Waals surface area (Å²) in [6, 6.07) is 17.1. The highest BCUT2D eigenvalue weighted by Crippen LogP contribution is 2.31. The van der Waals surface area contributed by atoms with E-state index in [-0.39, 0.29) is 11.8 Å². The second kappa shape index (κ2) is 5.14. The molecule has 0 radical (unpaired) electrons. The van der Waals surface area contributed by atoms with Crippen molar-refractivity contribution in [2.75, 3.05) is 5.32 Å². The topological polar surface area (TPSA) is 38.3 Å². The largest absolute Gasteiger partial charge is 0.457 e. The van der Waals surface area contributed by atoms with Gasteiger partial charge < -0.3 is 10.1 Å². The molecule has 3 nitrogen and oxygen atoms in total. The molecule has 19 heavy (non-hydrogen) atoms. The minimum Gasteiger partial charge on any atom is -0.457 e. The molecule has 0 aromatic heterocycles. The summed E-state index contributed by atoms with van der Waals surface area (Å²) in [5.74, 6) is 1.82. The van der Waals surface area contributed by atoms with Crippen molar-refractivity contribution in [3.05, 3.63) is 54.6 Å². The lowest BCUT2D eigenvalue weighted by Crippen LogP contribution is -2.13. The van der Waals surface area contributed by atoms with E-state index in [0.29, 0.717) is 0 Å². The second-order valence-corrected chi connectivity index (χ2v) is 4.71. The molecule has 3 rings (SSSR count). The van der Waals surface area contributed by atoms with E-state index in [1.165, 1.54) is 0 Å². The summed E-state index contributed by atoms with van der Waals surface area (Å²) in [5, 5.41) is 2.91. The van der Waals surface area contributed by atoms with Gasteiger partial charge in [-0.05, 0) is 37.1 Å². The van der Waals surface area contributed by atoms with Crippen LogP contribution in [0.25, 0.3) is 0 Å². The number of para-hydroxylation sites is 1. The Morgan fingerprint density at radius 3 is 2.47 bits per heavy atom. The third kappa shape index (κ3) is 3.13. The normalized spacial score (nSPS) is 13.9. The minimum atomic E-state index is 0.108. The number of anilines is 1. The predicted octanol–water partition coefficient (Wildman–Crippen LogP) is 3.83. The number of rotatable bonds is 4. The lowest BCUT2D eigenvalue weighted by molar-refractivity contribution is -0.117. The van der Waals surface area contributed by atoms with Crippen LogP contribution in [0.5, 0.6) is 11.5 Å². The molecule has 0 bridgehead atoms. The highest BCUT2D eigenvalue weighted by molar-refractivity contribution is 5.94. The summed E-state index contributed by atoms with van der Waals surface area (Å²) in [4.78, 5) is 11.7. The molecule has 0 unspecified atom stereocenters. The average molecular weight is 253 g/mol. The van der Waals surface area contributed by atoms with Crippen molar-refractivity contribution >= 4 is 11.6 Å². The van der Waals surface area contributed by atoms with Crippen LogP contribution in [-0.2, 0) is 4.79 Å². The Morgan fingerprint density at radius 2 is 1.74 bits per heavy atom. The fourth-order valence-corrected chi connectivity index (χ4v) is 1.85. The maximum atomic E-state index is 11.7. The molecule has 1 aliphatic carbocycles.